The third-order valence-corrected chi connectivity index (χ3v) is 2.02. The third kappa shape index (κ3) is 1.80. The lowest BCUT2D eigenvalue weighted by Crippen LogP contribution is -2.29. The van der Waals surface area contributed by atoms with Crippen LogP contribution < -0.4 is 0 Å². The SMILES string of the molecule is CC1=C(C(=O)O)CCN(C)C1. The number of carbonyl (C=O) groups is 1. The Morgan fingerprint density at radius 2 is 2.27 bits per heavy atom. The Bertz CT molecular complexity index is 208. The molecule has 0 unspecified atom stereocenters. The van der Waals surface area contributed by atoms with Crippen molar-refractivity contribution < 1.29 is 9.90 Å². The van der Waals surface area contributed by atoms with Gasteiger partial charge in [0.05, 0.1) is 0 Å². The van der Waals surface area contributed by atoms with E-state index in [1.54, 1.807) is 0 Å². The van der Waals surface area contributed by atoms with Gasteiger partial charge in [-0.25, -0.2) is 4.79 Å². The highest BCUT2D eigenvalue weighted by Crippen LogP contribution is 2.15. The van der Waals surface area contributed by atoms with Gasteiger partial charge in [0.2, 0.25) is 0 Å². The highest BCUT2D eigenvalue weighted by Gasteiger charge is 2.17. The Labute approximate surface area is 66.3 Å². The quantitative estimate of drug-likeness (QED) is 0.606. The molecule has 0 aromatic heterocycles. The van der Waals surface area contributed by atoms with Crippen LogP contribution in [0.2, 0.25) is 0 Å². The van der Waals surface area contributed by atoms with Crippen molar-refractivity contribution in [1.82, 2.24) is 4.90 Å². The summed E-state index contributed by atoms with van der Waals surface area (Å²) in [4.78, 5) is 12.7. The molecule has 0 aromatic rings. The molecule has 1 rings (SSSR count). The molecule has 11 heavy (non-hydrogen) atoms. The number of hydrogen-bond acceptors (Lipinski definition) is 2. The lowest BCUT2D eigenvalue weighted by atomic mass is 10.0. The summed E-state index contributed by atoms with van der Waals surface area (Å²) in [5.41, 5.74) is 1.59. The van der Waals surface area contributed by atoms with E-state index in [1.807, 2.05) is 14.0 Å². The molecule has 62 valence electrons. The molecule has 0 bridgehead atoms. The van der Waals surface area contributed by atoms with Gasteiger partial charge in [0, 0.05) is 18.7 Å². The van der Waals surface area contributed by atoms with Crippen LogP contribution in [0.4, 0.5) is 0 Å². The molecule has 1 heterocycles. The summed E-state index contributed by atoms with van der Waals surface area (Å²) >= 11 is 0. The van der Waals surface area contributed by atoms with Gasteiger partial charge in [-0.2, -0.15) is 0 Å². The standard InChI is InChI=1S/C8H13NO2/c1-6-5-9(2)4-3-7(6)8(10)11/h3-5H2,1-2H3,(H,10,11). The average Bonchev–Trinajstić information content (AvgIpc) is 1.85. The number of carboxylic acids is 1. The number of rotatable bonds is 1. The zero-order valence-corrected chi connectivity index (χ0v) is 6.92. The number of carboxylic acid groups (broad SMARTS) is 1. The second-order valence-corrected chi connectivity index (χ2v) is 3.05. The summed E-state index contributed by atoms with van der Waals surface area (Å²) in [5, 5.41) is 8.72. The summed E-state index contributed by atoms with van der Waals surface area (Å²) in [5.74, 6) is -0.754. The minimum atomic E-state index is -0.754. The third-order valence-electron chi connectivity index (χ3n) is 2.02. The van der Waals surface area contributed by atoms with Gasteiger partial charge in [-0.1, -0.05) is 0 Å². The highest BCUT2D eigenvalue weighted by molar-refractivity contribution is 5.87. The molecule has 0 amide bonds. The van der Waals surface area contributed by atoms with Crippen molar-refractivity contribution in [3.05, 3.63) is 11.1 Å². The van der Waals surface area contributed by atoms with Crippen LogP contribution in [-0.2, 0) is 4.79 Å². The van der Waals surface area contributed by atoms with E-state index < -0.39 is 5.97 Å². The maximum absolute atomic E-state index is 10.6. The van der Waals surface area contributed by atoms with E-state index in [9.17, 15) is 4.79 Å². The van der Waals surface area contributed by atoms with Crippen LogP contribution in [0.5, 0.6) is 0 Å². The molecule has 3 nitrogen and oxygen atoms in total. The van der Waals surface area contributed by atoms with Crippen LogP contribution >= 0.6 is 0 Å². The first-order chi connectivity index (χ1) is 5.11. The van der Waals surface area contributed by atoms with E-state index in [0.29, 0.717) is 12.0 Å². The van der Waals surface area contributed by atoms with Crippen LogP contribution in [0.25, 0.3) is 0 Å². The normalized spacial score (nSPS) is 20.5. The van der Waals surface area contributed by atoms with Crippen molar-refractivity contribution in [2.75, 3.05) is 20.1 Å². The molecule has 0 atom stereocenters. The Hall–Kier alpha value is -0.830. The van der Waals surface area contributed by atoms with Crippen LogP contribution in [0, 0.1) is 0 Å². The topological polar surface area (TPSA) is 40.5 Å². The summed E-state index contributed by atoms with van der Waals surface area (Å²) in [6, 6.07) is 0. The van der Waals surface area contributed by atoms with Gasteiger partial charge in [-0.3, -0.25) is 0 Å². The fourth-order valence-corrected chi connectivity index (χ4v) is 1.38. The molecule has 3 heteroatoms. The van der Waals surface area contributed by atoms with Crippen LogP contribution in [0.1, 0.15) is 13.3 Å². The molecule has 1 N–H and O–H groups in total. The lowest BCUT2D eigenvalue weighted by molar-refractivity contribution is -0.133. The maximum Gasteiger partial charge on any atom is 0.331 e. The fourth-order valence-electron chi connectivity index (χ4n) is 1.38. The molecule has 0 radical (unpaired) electrons. The number of hydrogen-bond donors (Lipinski definition) is 1. The van der Waals surface area contributed by atoms with E-state index in [1.165, 1.54) is 0 Å². The van der Waals surface area contributed by atoms with Crippen molar-refractivity contribution in [1.29, 1.82) is 0 Å². The summed E-state index contributed by atoms with van der Waals surface area (Å²) in [6.45, 7) is 3.54. The largest absolute Gasteiger partial charge is 0.478 e. The molecule has 0 fully saturated rings. The zero-order chi connectivity index (χ0) is 8.43. The molecule has 0 spiro atoms. The Balaban J connectivity index is 2.78. The fraction of sp³-hybridized carbons (Fsp3) is 0.625. The van der Waals surface area contributed by atoms with E-state index in [0.717, 1.165) is 18.7 Å². The molecule has 1 aliphatic heterocycles. The summed E-state index contributed by atoms with van der Waals surface area (Å²) in [7, 11) is 2.00. The van der Waals surface area contributed by atoms with Gasteiger partial charge >= 0.3 is 5.97 Å². The van der Waals surface area contributed by atoms with Crippen molar-refractivity contribution in [3.8, 4) is 0 Å². The number of aliphatic carboxylic acids is 1. The molecular formula is C8H13NO2. The van der Waals surface area contributed by atoms with Gasteiger partial charge in [-0.05, 0) is 26.0 Å². The Morgan fingerprint density at radius 1 is 1.64 bits per heavy atom. The molecule has 0 saturated heterocycles. The molecule has 0 saturated carbocycles. The van der Waals surface area contributed by atoms with Gasteiger partial charge in [0.1, 0.15) is 0 Å². The number of likely N-dealkylation sites (N-methyl/N-ethyl adjacent to an activating group) is 1. The lowest BCUT2D eigenvalue weighted by Gasteiger charge is -2.23. The van der Waals surface area contributed by atoms with Gasteiger partial charge in [-0.15, -0.1) is 0 Å². The first kappa shape index (κ1) is 8.27. The van der Waals surface area contributed by atoms with Gasteiger partial charge < -0.3 is 10.0 Å². The Kier molecular flexibility index (Phi) is 2.29. The Morgan fingerprint density at radius 3 is 2.73 bits per heavy atom. The second-order valence-electron chi connectivity index (χ2n) is 3.05. The van der Waals surface area contributed by atoms with Crippen molar-refractivity contribution >= 4 is 5.97 Å². The first-order valence-electron chi connectivity index (χ1n) is 3.71. The second kappa shape index (κ2) is 3.05. The monoisotopic (exact) mass is 155 g/mol. The number of nitrogens with zero attached hydrogens (tertiary/aromatic N) is 1. The molecular weight excluding hydrogens is 142 g/mol. The van der Waals surface area contributed by atoms with E-state index in [4.69, 9.17) is 5.11 Å². The average molecular weight is 155 g/mol. The van der Waals surface area contributed by atoms with Gasteiger partial charge in [0.15, 0.2) is 0 Å². The van der Waals surface area contributed by atoms with Gasteiger partial charge in [0.25, 0.3) is 0 Å². The van der Waals surface area contributed by atoms with E-state index in [2.05, 4.69) is 4.90 Å². The van der Waals surface area contributed by atoms with E-state index in [-0.39, 0.29) is 0 Å². The van der Waals surface area contributed by atoms with E-state index >= 15 is 0 Å². The minimum Gasteiger partial charge on any atom is -0.478 e. The molecule has 0 aliphatic carbocycles. The molecule has 0 aromatic carbocycles. The van der Waals surface area contributed by atoms with Crippen molar-refractivity contribution in [2.24, 2.45) is 0 Å². The smallest absolute Gasteiger partial charge is 0.331 e. The summed E-state index contributed by atoms with van der Waals surface area (Å²) < 4.78 is 0. The predicted molar refractivity (Wildman–Crippen MR) is 42.4 cm³/mol. The van der Waals surface area contributed by atoms with Crippen molar-refractivity contribution in [3.63, 3.8) is 0 Å². The zero-order valence-electron chi connectivity index (χ0n) is 6.92. The predicted octanol–water partition coefficient (Wildman–Crippen LogP) is 0.723. The van der Waals surface area contributed by atoms with Crippen LogP contribution in [0.3, 0.4) is 0 Å². The van der Waals surface area contributed by atoms with Crippen LogP contribution in [-0.4, -0.2) is 36.1 Å². The summed E-state index contributed by atoms with van der Waals surface area (Å²) in [6.07, 6.45) is 0.678. The minimum absolute atomic E-state index is 0.600. The highest BCUT2D eigenvalue weighted by atomic mass is 16.4. The van der Waals surface area contributed by atoms with Crippen LogP contribution in [0.15, 0.2) is 11.1 Å². The maximum atomic E-state index is 10.6. The first-order valence-corrected chi connectivity index (χ1v) is 3.71. The van der Waals surface area contributed by atoms with Crippen molar-refractivity contribution in [2.45, 2.75) is 13.3 Å². The molecule has 1 aliphatic rings.